The first-order valence-electron chi connectivity index (χ1n) is 5.90. The van der Waals surface area contributed by atoms with E-state index in [1.807, 2.05) is 12.1 Å². The van der Waals surface area contributed by atoms with E-state index in [9.17, 15) is 9.59 Å². The molecule has 5 nitrogen and oxygen atoms in total. The summed E-state index contributed by atoms with van der Waals surface area (Å²) in [6.45, 7) is 0. The number of hydrogen-bond donors (Lipinski definition) is 3. The Morgan fingerprint density at radius 1 is 1.16 bits per heavy atom. The van der Waals surface area contributed by atoms with Gasteiger partial charge < -0.3 is 15.4 Å². The maximum Gasteiger partial charge on any atom is 0.303 e. The number of hydrogen-bond acceptors (Lipinski definition) is 2. The molecule has 19 heavy (non-hydrogen) atoms. The Morgan fingerprint density at radius 2 is 1.89 bits per heavy atom. The number of amides is 1. The Bertz CT molecular complexity index is 559. The second kappa shape index (κ2) is 5.86. The molecule has 2 aromatic rings. The summed E-state index contributed by atoms with van der Waals surface area (Å²) in [7, 11) is 0. The van der Waals surface area contributed by atoms with Gasteiger partial charge in [0, 0.05) is 18.3 Å². The lowest BCUT2D eigenvalue weighted by molar-refractivity contribution is -0.136. The predicted octanol–water partition coefficient (Wildman–Crippen LogP) is 2.28. The predicted molar refractivity (Wildman–Crippen MR) is 71.1 cm³/mol. The topological polar surface area (TPSA) is 82.2 Å². The molecule has 1 heterocycles. The highest BCUT2D eigenvalue weighted by molar-refractivity contribution is 6.02. The number of carbonyl (C=O) groups is 2. The van der Waals surface area contributed by atoms with E-state index in [1.54, 1.807) is 30.5 Å². The Morgan fingerprint density at radius 3 is 2.47 bits per heavy atom. The molecule has 0 radical (unpaired) electrons. The lowest BCUT2D eigenvalue weighted by Crippen LogP contribution is -2.12. The number of anilines is 1. The van der Waals surface area contributed by atoms with Gasteiger partial charge in [-0.1, -0.05) is 12.1 Å². The molecule has 0 atom stereocenters. The van der Waals surface area contributed by atoms with E-state index in [0.29, 0.717) is 17.8 Å². The molecule has 1 aromatic carbocycles. The van der Waals surface area contributed by atoms with Gasteiger partial charge in [-0.3, -0.25) is 9.59 Å². The summed E-state index contributed by atoms with van der Waals surface area (Å²) < 4.78 is 0. The summed E-state index contributed by atoms with van der Waals surface area (Å²) in [5.74, 6) is -1.02. The van der Waals surface area contributed by atoms with Crippen LogP contribution in [0.4, 0.5) is 5.69 Å². The molecule has 3 N–H and O–H groups in total. The summed E-state index contributed by atoms with van der Waals surface area (Å²) in [5, 5.41) is 11.3. The van der Waals surface area contributed by atoms with Gasteiger partial charge in [-0.2, -0.15) is 0 Å². The first-order chi connectivity index (χ1) is 9.15. The number of H-pyrrole nitrogens is 1. The monoisotopic (exact) mass is 258 g/mol. The van der Waals surface area contributed by atoms with Gasteiger partial charge in [0.2, 0.25) is 0 Å². The Balaban J connectivity index is 1.95. The van der Waals surface area contributed by atoms with Crippen LogP contribution in [0.15, 0.2) is 42.6 Å². The second-order valence-electron chi connectivity index (χ2n) is 4.13. The third kappa shape index (κ3) is 3.70. The van der Waals surface area contributed by atoms with E-state index in [-0.39, 0.29) is 12.3 Å². The molecule has 1 amide bonds. The number of aliphatic carboxylic acids is 1. The van der Waals surface area contributed by atoms with Crippen molar-refractivity contribution in [2.24, 2.45) is 0 Å². The van der Waals surface area contributed by atoms with Crippen LogP contribution in [0.25, 0.3) is 0 Å². The first kappa shape index (κ1) is 12.9. The zero-order valence-electron chi connectivity index (χ0n) is 10.2. The van der Waals surface area contributed by atoms with Crippen LogP contribution in [0.3, 0.4) is 0 Å². The first-order valence-corrected chi connectivity index (χ1v) is 5.90. The summed E-state index contributed by atoms with van der Waals surface area (Å²) >= 11 is 0. The molecular formula is C14H14N2O3. The molecule has 0 saturated carbocycles. The molecule has 2 rings (SSSR count). The number of aryl methyl sites for hydroxylation is 1. The third-order valence-corrected chi connectivity index (χ3v) is 2.68. The maximum absolute atomic E-state index is 11.8. The molecule has 1 aromatic heterocycles. The van der Waals surface area contributed by atoms with Gasteiger partial charge in [-0.05, 0) is 36.2 Å². The van der Waals surface area contributed by atoms with Crippen LogP contribution in [-0.2, 0) is 11.2 Å². The molecule has 0 unspecified atom stereocenters. The number of carboxylic acids is 1. The fraction of sp³-hybridized carbons (Fsp3) is 0.143. The van der Waals surface area contributed by atoms with Crippen molar-refractivity contribution in [2.45, 2.75) is 12.8 Å². The van der Waals surface area contributed by atoms with Crippen molar-refractivity contribution in [2.75, 3.05) is 5.32 Å². The minimum atomic E-state index is -0.816. The van der Waals surface area contributed by atoms with Crippen molar-refractivity contribution in [1.82, 2.24) is 4.98 Å². The van der Waals surface area contributed by atoms with Crippen LogP contribution in [0.5, 0.6) is 0 Å². The average Bonchev–Trinajstić information content (AvgIpc) is 2.92. The zero-order valence-corrected chi connectivity index (χ0v) is 10.2. The standard InChI is InChI=1S/C14H14N2O3/c17-13(18)8-5-10-3-6-11(7-4-10)16-14(19)12-2-1-9-15-12/h1-4,6-7,9,15H,5,8H2,(H,16,19)(H,17,18). The van der Waals surface area contributed by atoms with Crippen LogP contribution in [0.1, 0.15) is 22.5 Å². The SMILES string of the molecule is O=C(O)CCc1ccc(NC(=O)c2ccc[nH]2)cc1. The lowest BCUT2D eigenvalue weighted by Gasteiger charge is -2.05. The number of carbonyl (C=O) groups excluding carboxylic acids is 1. The van der Waals surface area contributed by atoms with Gasteiger partial charge in [0.15, 0.2) is 0 Å². The van der Waals surface area contributed by atoms with Gasteiger partial charge in [0.25, 0.3) is 5.91 Å². The quantitative estimate of drug-likeness (QED) is 0.769. The van der Waals surface area contributed by atoms with E-state index >= 15 is 0 Å². The van der Waals surface area contributed by atoms with Gasteiger partial charge in [-0.25, -0.2) is 0 Å². The van der Waals surface area contributed by atoms with Crippen LogP contribution in [0, 0.1) is 0 Å². The molecule has 0 spiro atoms. The van der Waals surface area contributed by atoms with Crippen molar-refractivity contribution < 1.29 is 14.7 Å². The van der Waals surface area contributed by atoms with Gasteiger partial charge in [0.1, 0.15) is 5.69 Å². The van der Waals surface area contributed by atoms with E-state index < -0.39 is 5.97 Å². The minimum Gasteiger partial charge on any atom is -0.481 e. The highest BCUT2D eigenvalue weighted by atomic mass is 16.4. The molecule has 0 fully saturated rings. The van der Waals surface area contributed by atoms with Crippen molar-refractivity contribution in [3.8, 4) is 0 Å². The Labute approximate surface area is 110 Å². The number of aromatic amines is 1. The fourth-order valence-electron chi connectivity index (χ4n) is 1.68. The van der Waals surface area contributed by atoms with E-state index in [1.165, 1.54) is 0 Å². The molecule has 98 valence electrons. The second-order valence-corrected chi connectivity index (χ2v) is 4.13. The van der Waals surface area contributed by atoms with E-state index in [4.69, 9.17) is 5.11 Å². The summed E-state index contributed by atoms with van der Waals surface area (Å²) in [6.07, 6.45) is 2.28. The highest BCUT2D eigenvalue weighted by Gasteiger charge is 2.06. The van der Waals surface area contributed by atoms with Crippen LogP contribution >= 0.6 is 0 Å². The van der Waals surface area contributed by atoms with Gasteiger partial charge in [-0.15, -0.1) is 0 Å². The van der Waals surface area contributed by atoms with Crippen molar-refractivity contribution in [3.63, 3.8) is 0 Å². The largest absolute Gasteiger partial charge is 0.481 e. The molecule has 0 aliphatic carbocycles. The molecule has 0 aliphatic heterocycles. The molecule has 0 saturated heterocycles. The molecule has 0 aliphatic rings. The smallest absolute Gasteiger partial charge is 0.303 e. The van der Waals surface area contributed by atoms with Crippen molar-refractivity contribution >= 4 is 17.6 Å². The zero-order chi connectivity index (χ0) is 13.7. The van der Waals surface area contributed by atoms with Gasteiger partial charge >= 0.3 is 5.97 Å². The van der Waals surface area contributed by atoms with E-state index in [2.05, 4.69) is 10.3 Å². The minimum absolute atomic E-state index is 0.105. The summed E-state index contributed by atoms with van der Waals surface area (Å²) in [4.78, 5) is 25.0. The lowest BCUT2D eigenvalue weighted by atomic mass is 10.1. The Kier molecular flexibility index (Phi) is 3.97. The van der Waals surface area contributed by atoms with Crippen LogP contribution in [-0.4, -0.2) is 22.0 Å². The summed E-state index contributed by atoms with van der Waals surface area (Å²) in [5.41, 5.74) is 2.11. The van der Waals surface area contributed by atoms with Crippen molar-refractivity contribution in [3.05, 3.63) is 53.9 Å². The number of rotatable bonds is 5. The third-order valence-electron chi connectivity index (χ3n) is 2.68. The van der Waals surface area contributed by atoms with Gasteiger partial charge in [0.05, 0.1) is 0 Å². The number of benzene rings is 1. The number of carboxylic acid groups (broad SMARTS) is 1. The average molecular weight is 258 g/mol. The van der Waals surface area contributed by atoms with Crippen LogP contribution < -0.4 is 5.32 Å². The summed E-state index contributed by atoms with van der Waals surface area (Å²) in [6, 6.07) is 10.6. The Hall–Kier alpha value is -2.56. The number of aromatic nitrogens is 1. The highest BCUT2D eigenvalue weighted by Crippen LogP contribution is 2.12. The fourth-order valence-corrected chi connectivity index (χ4v) is 1.68. The normalized spacial score (nSPS) is 10.1. The molecule has 0 bridgehead atoms. The van der Waals surface area contributed by atoms with Crippen molar-refractivity contribution in [1.29, 1.82) is 0 Å². The number of nitrogens with one attached hydrogen (secondary N) is 2. The maximum atomic E-state index is 11.8. The molecule has 5 heteroatoms. The van der Waals surface area contributed by atoms with Crippen LogP contribution in [0.2, 0.25) is 0 Å². The molecular weight excluding hydrogens is 244 g/mol. The van der Waals surface area contributed by atoms with E-state index in [0.717, 1.165) is 5.56 Å².